The summed E-state index contributed by atoms with van der Waals surface area (Å²) < 4.78 is 2.24. The summed E-state index contributed by atoms with van der Waals surface area (Å²) in [4.78, 5) is 4.31. The molecule has 0 fully saturated rings. The molecule has 0 N–H and O–H groups in total. The molecule has 0 aliphatic rings. The lowest BCUT2D eigenvalue weighted by atomic mass is 10.3. The van der Waals surface area contributed by atoms with E-state index in [0.29, 0.717) is 6.04 Å². The summed E-state index contributed by atoms with van der Waals surface area (Å²) in [7, 11) is 0. The lowest BCUT2D eigenvalue weighted by molar-refractivity contribution is 0.583. The van der Waals surface area contributed by atoms with Crippen LogP contribution in [0.2, 0.25) is 0 Å². The minimum absolute atomic E-state index is 0.522. The molecular weight excluding hydrogens is 168 g/mol. The molecule has 0 bridgehead atoms. The van der Waals surface area contributed by atoms with Crippen molar-refractivity contribution in [3.63, 3.8) is 0 Å². The fourth-order valence-electron chi connectivity index (χ4n) is 1.24. The van der Waals surface area contributed by atoms with Gasteiger partial charge in [-0.2, -0.15) is 11.8 Å². The number of rotatable bonds is 3. The molecule has 0 saturated carbocycles. The van der Waals surface area contributed by atoms with Crippen LogP contribution in [0, 0.1) is 6.92 Å². The number of hydrogen-bond acceptors (Lipinski definition) is 2. The first-order valence-corrected chi connectivity index (χ1v) is 5.57. The maximum Gasteiger partial charge on any atom is 0.0954 e. The second-order valence-electron chi connectivity index (χ2n) is 3.21. The number of thioether (sulfide) groups is 1. The van der Waals surface area contributed by atoms with Gasteiger partial charge < -0.3 is 4.57 Å². The van der Waals surface area contributed by atoms with Crippen molar-refractivity contribution in [2.45, 2.75) is 32.6 Å². The summed E-state index contributed by atoms with van der Waals surface area (Å²) in [5.74, 6) is 1.06. The highest BCUT2D eigenvalue weighted by molar-refractivity contribution is 7.97. The van der Waals surface area contributed by atoms with Gasteiger partial charge in [0, 0.05) is 11.8 Å². The van der Waals surface area contributed by atoms with E-state index in [-0.39, 0.29) is 0 Å². The van der Waals surface area contributed by atoms with E-state index in [1.165, 1.54) is 5.69 Å². The first kappa shape index (κ1) is 9.65. The van der Waals surface area contributed by atoms with Crippen molar-refractivity contribution in [1.29, 1.82) is 0 Å². The van der Waals surface area contributed by atoms with Gasteiger partial charge in [-0.1, -0.05) is 0 Å². The molecule has 12 heavy (non-hydrogen) atoms. The number of imidazole rings is 1. The van der Waals surface area contributed by atoms with Gasteiger partial charge in [0.05, 0.1) is 17.7 Å². The molecule has 0 unspecified atom stereocenters. The molecule has 0 atom stereocenters. The van der Waals surface area contributed by atoms with Crippen molar-refractivity contribution >= 4 is 11.8 Å². The molecule has 1 aromatic rings. The molecular formula is C9H16N2S. The first-order valence-electron chi connectivity index (χ1n) is 4.18. The van der Waals surface area contributed by atoms with Crippen LogP contribution in [0.5, 0.6) is 0 Å². The lowest BCUT2D eigenvalue weighted by Crippen LogP contribution is -2.03. The average molecular weight is 184 g/mol. The van der Waals surface area contributed by atoms with Crippen molar-refractivity contribution in [2.24, 2.45) is 0 Å². The van der Waals surface area contributed by atoms with Crippen molar-refractivity contribution in [3.05, 3.63) is 17.7 Å². The van der Waals surface area contributed by atoms with Crippen molar-refractivity contribution in [3.8, 4) is 0 Å². The molecule has 0 aliphatic carbocycles. The van der Waals surface area contributed by atoms with Crippen LogP contribution in [0.25, 0.3) is 0 Å². The summed E-state index contributed by atoms with van der Waals surface area (Å²) in [5.41, 5.74) is 2.52. The second kappa shape index (κ2) is 3.99. The fourth-order valence-corrected chi connectivity index (χ4v) is 1.87. The normalized spacial score (nSPS) is 11.1. The molecule has 0 radical (unpaired) electrons. The van der Waals surface area contributed by atoms with Crippen LogP contribution in [0.15, 0.2) is 6.33 Å². The van der Waals surface area contributed by atoms with Crippen molar-refractivity contribution in [1.82, 2.24) is 9.55 Å². The molecule has 68 valence electrons. The Morgan fingerprint density at radius 1 is 1.58 bits per heavy atom. The standard InChI is InChI=1S/C9H16N2S/c1-7(2)11-6-10-8(3)9(11)5-12-4/h6-7H,5H2,1-4H3. The third kappa shape index (κ3) is 1.83. The zero-order chi connectivity index (χ0) is 9.14. The van der Waals surface area contributed by atoms with Crippen LogP contribution in [-0.4, -0.2) is 15.8 Å². The largest absolute Gasteiger partial charge is 0.331 e. The SMILES string of the molecule is CSCc1c(C)ncn1C(C)C. The van der Waals surface area contributed by atoms with E-state index >= 15 is 0 Å². The summed E-state index contributed by atoms with van der Waals surface area (Å²) in [6.45, 7) is 6.44. The monoisotopic (exact) mass is 184 g/mol. The maximum atomic E-state index is 4.31. The Balaban J connectivity index is 2.95. The topological polar surface area (TPSA) is 17.8 Å². The zero-order valence-corrected chi connectivity index (χ0v) is 8.98. The van der Waals surface area contributed by atoms with Crippen molar-refractivity contribution in [2.75, 3.05) is 6.26 Å². The summed E-state index contributed by atoms with van der Waals surface area (Å²) in [6, 6.07) is 0.522. The van der Waals surface area contributed by atoms with Gasteiger partial charge in [-0.25, -0.2) is 4.98 Å². The van der Waals surface area contributed by atoms with E-state index in [1.54, 1.807) is 0 Å². The third-order valence-electron chi connectivity index (χ3n) is 1.94. The lowest BCUT2D eigenvalue weighted by Gasteiger charge is -2.11. The smallest absolute Gasteiger partial charge is 0.0954 e. The van der Waals surface area contributed by atoms with E-state index in [9.17, 15) is 0 Å². The van der Waals surface area contributed by atoms with Gasteiger partial charge in [0.15, 0.2) is 0 Å². The number of aromatic nitrogens is 2. The van der Waals surface area contributed by atoms with Gasteiger partial charge in [0.2, 0.25) is 0 Å². The van der Waals surface area contributed by atoms with Crippen molar-refractivity contribution < 1.29 is 0 Å². The molecule has 1 heterocycles. The molecule has 0 amide bonds. The Morgan fingerprint density at radius 2 is 2.25 bits per heavy atom. The van der Waals surface area contributed by atoms with Crippen LogP contribution in [0.3, 0.4) is 0 Å². The Kier molecular flexibility index (Phi) is 3.20. The highest BCUT2D eigenvalue weighted by Crippen LogP contribution is 2.17. The zero-order valence-electron chi connectivity index (χ0n) is 8.16. The minimum Gasteiger partial charge on any atom is -0.331 e. The molecule has 0 spiro atoms. The molecule has 0 aliphatic heterocycles. The van der Waals surface area contributed by atoms with E-state index in [0.717, 1.165) is 11.4 Å². The van der Waals surface area contributed by atoms with Gasteiger partial charge in [-0.3, -0.25) is 0 Å². The van der Waals surface area contributed by atoms with E-state index in [4.69, 9.17) is 0 Å². The first-order chi connectivity index (χ1) is 5.66. The van der Waals surface area contributed by atoms with Crippen LogP contribution >= 0.6 is 11.8 Å². The van der Waals surface area contributed by atoms with Crippen LogP contribution in [0.4, 0.5) is 0 Å². The summed E-state index contributed by atoms with van der Waals surface area (Å²) in [6.07, 6.45) is 4.06. The van der Waals surface area contributed by atoms with Gasteiger partial charge in [0.1, 0.15) is 0 Å². The van der Waals surface area contributed by atoms with Gasteiger partial charge in [-0.05, 0) is 27.0 Å². The minimum atomic E-state index is 0.522. The van der Waals surface area contributed by atoms with Gasteiger partial charge >= 0.3 is 0 Å². The average Bonchev–Trinajstić information content (AvgIpc) is 2.34. The molecule has 1 rings (SSSR count). The highest BCUT2D eigenvalue weighted by Gasteiger charge is 2.08. The van der Waals surface area contributed by atoms with Crippen LogP contribution < -0.4 is 0 Å². The van der Waals surface area contributed by atoms with Gasteiger partial charge in [0.25, 0.3) is 0 Å². The highest BCUT2D eigenvalue weighted by atomic mass is 32.2. The van der Waals surface area contributed by atoms with E-state index < -0.39 is 0 Å². The molecule has 0 aromatic carbocycles. The van der Waals surface area contributed by atoms with E-state index in [1.807, 2.05) is 18.1 Å². The van der Waals surface area contributed by atoms with Crippen LogP contribution in [0.1, 0.15) is 31.3 Å². The summed E-state index contributed by atoms with van der Waals surface area (Å²) in [5, 5.41) is 0. The van der Waals surface area contributed by atoms with Gasteiger partial charge in [-0.15, -0.1) is 0 Å². The van der Waals surface area contributed by atoms with Crippen LogP contribution in [-0.2, 0) is 5.75 Å². The Hall–Kier alpha value is -0.440. The third-order valence-corrected chi connectivity index (χ3v) is 2.50. The predicted octanol–water partition coefficient (Wildman–Crippen LogP) is 2.64. The maximum absolute atomic E-state index is 4.31. The Morgan fingerprint density at radius 3 is 2.75 bits per heavy atom. The Bertz CT molecular complexity index is 253. The predicted molar refractivity (Wildman–Crippen MR) is 54.6 cm³/mol. The molecule has 1 aromatic heterocycles. The van der Waals surface area contributed by atoms with E-state index in [2.05, 4.69) is 36.6 Å². The molecule has 0 saturated heterocycles. The quantitative estimate of drug-likeness (QED) is 0.718. The second-order valence-corrected chi connectivity index (χ2v) is 4.08. The molecule has 2 nitrogen and oxygen atoms in total. The fraction of sp³-hybridized carbons (Fsp3) is 0.667. The summed E-state index contributed by atoms with van der Waals surface area (Å²) >= 11 is 1.84. The Labute approximate surface area is 78.4 Å². The molecule has 3 heteroatoms. The number of hydrogen-bond donors (Lipinski definition) is 0. The number of nitrogens with zero attached hydrogens (tertiary/aromatic N) is 2. The number of aryl methyl sites for hydroxylation is 1.